The fourth-order valence-corrected chi connectivity index (χ4v) is 4.11. The summed E-state index contributed by atoms with van der Waals surface area (Å²) in [4.78, 5) is 30.1. The molecule has 29 heavy (non-hydrogen) atoms. The highest BCUT2D eigenvalue weighted by Gasteiger charge is 2.27. The lowest BCUT2D eigenvalue weighted by Crippen LogP contribution is -2.32. The summed E-state index contributed by atoms with van der Waals surface area (Å²) in [6, 6.07) is 23.5. The molecular weight excluding hydrogens is 384 g/mol. The van der Waals surface area contributed by atoms with Crippen molar-refractivity contribution >= 4 is 45.7 Å². The molecule has 1 heterocycles. The van der Waals surface area contributed by atoms with E-state index in [1.807, 2.05) is 78.9 Å². The van der Waals surface area contributed by atoms with Crippen LogP contribution in [-0.2, 0) is 16.1 Å². The molecule has 3 aromatic rings. The number of hydrogen-bond donors (Lipinski definition) is 1. The minimum Gasteiger partial charge on any atom is -0.480 e. The highest BCUT2D eigenvalue weighted by atomic mass is 32.2. The van der Waals surface area contributed by atoms with E-state index in [1.165, 1.54) is 11.8 Å². The van der Waals surface area contributed by atoms with Crippen molar-refractivity contribution in [3.8, 4) is 0 Å². The largest absolute Gasteiger partial charge is 0.480 e. The number of aliphatic carboxylic acids is 1. The molecule has 0 unspecified atom stereocenters. The van der Waals surface area contributed by atoms with Gasteiger partial charge in [-0.05, 0) is 39.7 Å². The predicted molar refractivity (Wildman–Crippen MR) is 116 cm³/mol. The summed E-state index contributed by atoms with van der Waals surface area (Å²) in [7, 11) is 0. The predicted octanol–water partition coefficient (Wildman–Crippen LogP) is 4.40. The summed E-state index contributed by atoms with van der Waals surface area (Å²) in [6.45, 7) is 0.142. The van der Waals surface area contributed by atoms with Gasteiger partial charge in [-0.25, -0.2) is 0 Å². The van der Waals surface area contributed by atoms with Crippen molar-refractivity contribution in [1.29, 1.82) is 0 Å². The van der Waals surface area contributed by atoms with E-state index in [1.54, 1.807) is 4.90 Å². The monoisotopic (exact) mass is 402 g/mol. The Morgan fingerprint density at radius 1 is 1.00 bits per heavy atom. The lowest BCUT2D eigenvalue weighted by molar-refractivity contribution is -0.137. The van der Waals surface area contributed by atoms with Crippen LogP contribution >= 0.6 is 11.8 Å². The first-order valence-electron chi connectivity index (χ1n) is 9.11. The van der Waals surface area contributed by atoms with Crippen molar-refractivity contribution in [2.45, 2.75) is 6.54 Å². The molecule has 3 aromatic carbocycles. The highest BCUT2D eigenvalue weighted by molar-refractivity contribution is 8.18. The minimum absolute atomic E-state index is 0.227. The van der Waals surface area contributed by atoms with Crippen LogP contribution in [0, 0.1) is 0 Å². The number of carbonyl (C=O) groups excluding carboxylic acids is 1. The number of rotatable bonds is 5. The zero-order chi connectivity index (χ0) is 20.2. The summed E-state index contributed by atoms with van der Waals surface area (Å²) in [5.74, 6) is -1.32. The number of hydrogen-bond acceptors (Lipinski definition) is 4. The van der Waals surface area contributed by atoms with E-state index < -0.39 is 5.97 Å². The summed E-state index contributed by atoms with van der Waals surface area (Å²) >= 11 is 1.22. The number of thioether (sulfide) groups is 1. The molecule has 144 valence electrons. The Kier molecular flexibility index (Phi) is 5.44. The van der Waals surface area contributed by atoms with Gasteiger partial charge in [0.25, 0.3) is 5.91 Å². The van der Waals surface area contributed by atoms with Crippen LogP contribution < -0.4 is 0 Å². The van der Waals surface area contributed by atoms with Gasteiger partial charge >= 0.3 is 5.97 Å². The Morgan fingerprint density at radius 2 is 1.72 bits per heavy atom. The van der Waals surface area contributed by atoms with Gasteiger partial charge in [0.1, 0.15) is 6.54 Å². The number of amidine groups is 1. The molecule has 0 saturated carbocycles. The maximum Gasteiger partial charge on any atom is 0.323 e. The number of carboxylic acid groups (broad SMARTS) is 1. The zero-order valence-corrected chi connectivity index (χ0v) is 16.3. The fraction of sp³-hybridized carbons (Fsp3) is 0.0870. The molecule has 0 fully saturated rings. The van der Waals surface area contributed by atoms with E-state index in [-0.39, 0.29) is 12.5 Å². The van der Waals surface area contributed by atoms with Gasteiger partial charge in [-0.15, -0.1) is 0 Å². The standard InChI is InChI=1S/C23H18N2O3S/c26-21(27)15-25(14-16-7-2-1-3-8-16)23-24-22(28)20(29-23)13-18-11-6-10-17-9-4-5-12-19(17)18/h1-13H,14-15H2,(H,26,27)/b20-13+. The van der Waals surface area contributed by atoms with Crippen molar-refractivity contribution in [2.75, 3.05) is 6.54 Å². The molecule has 1 amide bonds. The summed E-state index contributed by atoms with van der Waals surface area (Å²) in [6.07, 6.45) is 1.83. The molecule has 0 radical (unpaired) electrons. The van der Waals surface area contributed by atoms with Crippen molar-refractivity contribution in [3.05, 3.63) is 88.8 Å². The molecule has 6 heteroatoms. The lowest BCUT2D eigenvalue weighted by atomic mass is 10.0. The zero-order valence-electron chi connectivity index (χ0n) is 15.5. The van der Waals surface area contributed by atoms with Gasteiger partial charge in [0.15, 0.2) is 5.17 Å². The summed E-state index contributed by atoms with van der Waals surface area (Å²) < 4.78 is 0. The van der Waals surface area contributed by atoms with E-state index in [2.05, 4.69) is 4.99 Å². The quantitative estimate of drug-likeness (QED) is 0.641. The van der Waals surface area contributed by atoms with Crippen LogP contribution in [0.25, 0.3) is 16.8 Å². The van der Waals surface area contributed by atoms with Crippen LogP contribution in [0.3, 0.4) is 0 Å². The topological polar surface area (TPSA) is 70.0 Å². The normalized spacial score (nSPS) is 15.0. The van der Waals surface area contributed by atoms with E-state index in [9.17, 15) is 14.7 Å². The van der Waals surface area contributed by atoms with Crippen LogP contribution in [0.5, 0.6) is 0 Å². The van der Waals surface area contributed by atoms with E-state index >= 15 is 0 Å². The van der Waals surface area contributed by atoms with Crippen molar-refractivity contribution < 1.29 is 14.7 Å². The third kappa shape index (κ3) is 4.38. The van der Waals surface area contributed by atoms with E-state index in [0.717, 1.165) is 21.9 Å². The smallest absolute Gasteiger partial charge is 0.323 e. The average molecular weight is 402 g/mol. The van der Waals surface area contributed by atoms with Gasteiger partial charge in [-0.3, -0.25) is 9.59 Å². The molecular formula is C23H18N2O3S. The number of aliphatic imine (C=N–C) groups is 1. The summed E-state index contributed by atoms with van der Waals surface area (Å²) in [5, 5.41) is 11.9. The molecule has 0 bridgehead atoms. The van der Waals surface area contributed by atoms with Gasteiger partial charge < -0.3 is 10.0 Å². The second kappa shape index (κ2) is 8.32. The van der Waals surface area contributed by atoms with Crippen LogP contribution in [0.15, 0.2) is 82.7 Å². The molecule has 0 aliphatic carbocycles. The molecule has 0 aromatic heterocycles. The molecule has 0 atom stereocenters. The molecule has 0 saturated heterocycles. The number of carbonyl (C=O) groups is 2. The van der Waals surface area contributed by atoms with Crippen LogP contribution in [0.4, 0.5) is 0 Å². The average Bonchev–Trinajstić information content (AvgIpc) is 3.09. The number of benzene rings is 3. The van der Waals surface area contributed by atoms with E-state index in [4.69, 9.17) is 0 Å². The second-order valence-electron chi connectivity index (χ2n) is 6.61. The number of nitrogens with zero attached hydrogens (tertiary/aromatic N) is 2. The van der Waals surface area contributed by atoms with Crippen molar-refractivity contribution in [2.24, 2.45) is 4.99 Å². The Hall–Kier alpha value is -3.38. The Bertz CT molecular complexity index is 1130. The number of carboxylic acids is 1. The lowest BCUT2D eigenvalue weighted by Gasteiger charge is -2.21. The Morgan fingerprint density at radius 3 is 2.52 bits per heavy atom. The van der Waals surface area contributed by atoms with E-state index in [0.29, 0.717) is 16.6 Å². The first-order valence-corrected chi connectivity index (χ1v) is 9.93. The SMILES string of the molecule is O=C(O)CN(Cc1ccccc1)C1=NC(=O)/C(=C\c2cccc3ccccc23)S1. The van der Waals surface area contributed by atoms with Gasteiger partial charge in [-0.2, -0.15) is 4.99 Å². The second-order valence-corrected chi connectivity index (χ2v) is 7.62. The van der Waals surface area contributed by atoms with Crippen LogP contribution in [0.2, 0.25) is 0 Å². The molecule has 1 N–H and O–H groups in total. The third-order valence-corrected chi connectivity index (χ3v) is 5.58. The Labute approximate surface area is 172 Å². The maximum atomic E-state index is 12.5. The molecule has 5 nitrogen and oxygen atoms in total. The molecule has 4 rings (SSSR count). The van der Waals surface area contributed by atoms with Crippen LogP contribution in [0.1, 0.15) is 11.1 Å². The third-order valence-electron chi connectivity index (χ3n) is 4.53. The first kappa shape index (κ1) is 19.0. The van der Waals surface area contributed by atoms with Crippen molar-refractivity contribution in [3.63, 3.8) is 0 Å². The van der Waals surface area contributed by atoms with Crippen LogP contribution in [-0.4, -0.2) is 33.6 Å². The van der Waals surface area contributed by atoms with Crippen molar-refractivity contribution in [1.82, 2.24) is 4.90 Å². The number of amides is 1. The highest BCUT2D eigenvalue weighted by Crippen LogP contribution is 2.32. The summed E-state index contributed by atoms with van der Waals surface area (Å²) in [5.41, 5.74) is 1.89. The van der Waals surface area contributed by atoms with Gasteiger partial charge in [0, 0.05) is 6.54 Å². The fourth-order valence-electron chi connectivity index (χ4n) is 3.21. The van der Waals surface area contributed by atoms with Gasteiger partial charge in [0.05, 0.1) is 4.91 Å². The van der Waals surface area contributed by atoms with Gasteiger partial charge in [-0.1, -0.05) is 72.8 Å². The van der Waals surface area contributed by atoms with Gasteiger partial charge in [0.2, 0.25) is 0 Å². The maximum absolute atomic E-state index is 12.5. The Balaban J connectivity index is 1.61. The first-order chi connectivity index (χ1) is 14.1. The molecule has 1 aliphatic heterocycles. The minimum atomic E-state index is -0.969. The molecule has 1 aliphatic rings. The molecule has 0 spiro atoms. The number of fused-ring (bicyclic) bond motifs is 1.